The lowest BCUT2D eigenvalue weighted by Gasteiger charge is -2.23. The maximum absolute atomic E-state index is 12.6. The summed E-state index contributed by atoms with van der Waals surface area (Å²) in [5.74, 6) is 0.426. The molecule has 0 aliphatic rings. The molecule has 1 heterocycles. The maximum atomic E-state index is 12.6. The van der Waals surface area contributed by atoms with Crippen molar-refractivity contribution >= 4 is 28.3 Å². The Morgan fingerprint density at radius 2 is 1.88 bits per heavy atom. The van der Waals surface area contributed by atoms with Crippen LogP contribution in [0.25, 0.3) is 0 Å². The number of hydrogen-bond acceptors (Lipinski definition) is 4. The number of anilines is 1. The van der Waals surface area contributed by atoms with Gasteiger partial charge >= 0.3 is 0 Å². The number of thiazole rings is 1. The number of aryl methyl sites for hydroxylation is 1. The van der Waals surface area contributed by atoms with Crippen molar-refractivity contribution in [3.63, 3.8) is 0 Å². The number of rotatable bonds is 13. The predicted octanol–water partition coefficient (Wildman–Crippen LogP) is 5.02. The van der Waals surface area contributed by atoms with E-state index in [1.54, 1.807) is 4.90 Å². The topological polar surface area (TPSA) is 62.3 Å². The van der Waals surface area contributed by atoms with Crippen LogP contribution in [0, 0.1) is 12.8 Å². The fourth-order valence-corrected chi connectivity index (χ4v) is 3.37. The molecule has 148 valence electrons. The zero-order valence-corrected chi connectivity index (χ0v) is 17.7. The van der Waals surface area contributed by atoms with Crippen LogP contribution in [0.15, 0.2) is 5.38 Å². The van der Waals surface area contributed by atoms with Crippen molar-refractivity contribution in [3.8, 4) is 0 Å². The molecule has 0 aliphatic heterocycles. The fraction of sp³-hybridized carbons (Fsp3) is 0.750. The molecule has 1 aromatic heterocycles. The summed E-state index contributed by atoms with van der Waals surface area (Å²) < 4.78 is 0. The number of nitrogens with one attached hydrogen (secondary N) is 1. The molecule has 0 radical (unpaired) electrons. The van der Waals surface area contributed by atoms with Gasteiger partial charge in [-0.25, -0.2) is 4.98 Å². The summed E-state index contributed by atoms with van der Waals surface area (Å²) in [5, 5.41) is 5.30. The molecule has 6 heteroatoms. The SMILES string of the molecule is CCCCCCCCC(=O)N(CCC(C)C)CC(=O)Nc1nc(C)cs1. The highest BCUT2D eigenvalue weighted by atomic mass is 32.1. The molecule has 0 saturated heterocycles. The number of unbranched alkanes of at least 4 members (excludes halogenated alkanes) is 5. The van der Waals surface area contributed by atoms with E-state index in [0.29, 0.717) is 24.0 Å². The number of carbonyl (C=O) groups is 2. The first-order valence-corrected chi connectivity index (χ1v) is 10.8. The fourth-order valence-electron chi connectivity index (χ4n) is 2.66. The molecule has 0 fully saturated rings. The summed E-state index contributed by atoms with van der Waals surface area (Å²) >= 11 is 1.41. The van der Waals surface area contributed by atoms with Crippen LogP contribution in [-0.2, 0) is 9.59 Å². The van der Waals surface area contributed by atoms with Gasteiger partial charge in [0.2, 0.25) is 11.8 Å². The number of amides is 2. The first-order valence-electron chi connectivity index (χ1n) is 9.92. The van der Waals surface area contributed by atoms with Crippen LogP contribution in [-0.4, -0.2) is 34.8 Å². The Labute approximate surface area is 162 Å². The van der Waals surface area contributed by atoms with Crippen LogP contribution in [0.3, 0.4) is 0 Å². The Kier molecular flexibility index (Phi) is 11.2. The Hall–Kier alpha value is -1.43. The third-order valence-electron chi connectivity index (χ3n) is 4.27. The van der Waals surface area contributed by atoms with E-state index in [2.05, 4.69) is 31.1 Å². The van der Waals surface area contributed by atoms with Gasteiger partial charge in [-0.15, -0.1) is 11.3 Å². The summed E-state index contributed by atoms with van der Waals surface area (Å²) in [6.07, 6.45) is 8.39. The normalized spacial score (nSPS) is 11.0. The minimum absolute atomic E-state index is 0.0895. The lowest BCUT2D eigenvalue weighted by molar-refractivity contribution is -0.135. The van der Waals surface area contributed by atoms with Crippen LogP contribution in [0.1, 0.15) is 77.8 Å². The molecule has 0 aromatic carbocycles. The quantitative estimate of drug-likeness (QED) is 0.488. The third-order valence-corrected chi connectivity index (χ3v) is 5.15. The number of hydrogen-bond donors (Lipinski definition) is 1. The molecule has 0 atom stereocenters. The van der Waals surface area contributed by atoms with Crippen molar-refractivity contribution < 1.29 is 9.59 Å². The molecule has 5 nitrogen and oxygen atoms in total. The Morgan fingerprint density at radius 3 is 2.50 bits per heavy atom. The molecule has 0 spiro atoms. The molecule has 2 amide bonds. The molecule has 1 aromatic rings. The first kappa shape index (κ1) is 22.6. The Balaban J connectivity index is 2.45. The second-order valence-electron chi connectivity index (χ2n) is 7.36. The molecule has 0 bridgehead atoms. The second kappa shape index (κ2) is 12.8. The van der Waals surface area contributed by atoms with E-state index in [-0.39, 0.29) is 18.4 Å². The van der Waals surface area contributed by atoms with Gasteiger partial charge < -0.3 is 10.2 Å². The average molecular weight is 382 g/mol. The minimum atomic E-state index is -0.167. The largest absolute Gasteiger partial charge is 0.333 e. The lowest BCUT2D eigenvalue weighted by Crippen LogP contribution is -2.39. The average Bonchev–Trinajstić information content (AvgIpc) is 2.99. The number of nitrogens with zero attached hydrogens (tertiary/aromatic N) is 2. The van der Waals surface area contributed by atoms with Crippen molar-refractivity contribution in [1.29, 1.82) is 0 Å². The van der Waals surface area contributed by atoms with E-state index in [1.807, 2.05) is 12.3 Å². The van der Waals surface area contributed by atoms with E-state index in [9.17, 15) is 9.59 Å². The summed E-state index contributed by atoms with van der Waals surface area (Å²) in [6.45, 7) is 9.11. The second-order valence-corrected chi connectivity index (χ2v) is 8.22. The van der Waals surface area contributed by atoms with Gasteiger partial charge in [-0.05, 0) is 25.7 Å². The van der Waals surface area contributed by atoms with Crippen molar-refractivity contribution in [3.05, 3.63) is 11.1 Å². The summed E-state index contributed by atoms with van der Waals surface area (Å²) in [7, 11) is 0. The molecule has 1 N–H and O–H groups in total. The van der Waals surface area contributed by atoms with Gasteiger partial charge in [0.05, 0.1) is 12.2 Å². The van der Waals surface area contributed by atoms with Gasteiger partial charge in [0.1, 0.15) is 0 Å². The third kappa shape index (κ3) is 9.90. The highest BCUT2D eigenvalue weighted by Crippen LogP contribution is 2.15. The highest BCUT2D eigenvalue weighted by molar-refractivity contribution is 7.13. The van der Waals surface area contributed by atoms with Crippen LogP contribution < -0.4 is 5.32 Å². The monoisotopic (exact) mass is 381 g/mol. The standard InChI is InChI=1S/C20H35N3O2S/c1-5-6-7-8-9-10-11-19(25)23(13-12-16(2)3)14-18(24)22-20-21-17(4)15-26-20/h15-16H,5-14H2,1-4H3,(H,21,22,24). The van der Waals surface area contributed by atoms with E-state index in [0.717, 1.165) is 25.0 Å². The molecular formula is C20H35N3O2S. The van der Waals surface area contributed by atoms with Crippen LogP contribution >= 0.6 is 11.3 Å². The van der Waals surface area contributed by atoms with E-state index in [1.165, 1.54) is 37.0 Å². The van der Waals surface area contributed by atoms with Crippen LogP contribution in [0.2, 0.25) is 0 Å². The minimum Gasteiger partial charge on any atom is -0.333 e. The molecule has 0 aliphatic carbocycles. The zero-order valence-electron chi connectivity index (χ0n) is 16.8. The highest BCUT2D eigenvalue weighted by Gasteiger charge is 2.18. The van der Waals surface area contributed by atoms with Gasteiger partial charge in [0.25, 0.3) is 0 Å². The van der Waals surface area contributed by atoms with Crippen molar-refractivity contribution in [1.82, 2.24) is 9.88 Å². The molecule has 26 heavy (non-hydrogen) atoms. The zero-order chi connectivity index (χ0) is 19.4. The van der Waals surface area contributed by atoms with Gasteiger partial charge in [-0.1, -0.05) is 52.9 Å². The van der Waals surface area contributed by atoms with E-state index < -0.39 is 0 Å². The predicted molar refractivity (Wildman–Crippen MR) is 110 cm³/mol. The molecule has 1 rings (SSSR count). The molecule has 0 saturated carbocycles. The lowest BCUT2D eigenvalue weighted by atomic mass is 10.1. The van der Waals surface area contributed by atoms with Crippen LogP contribution in [0.4, 0.5) is 5.13 Å². The van der Waals surface area contributed by atoms with Crippen molar-refractivity contribution in [2.24, 2.45) is 5.92 Å². The van der Waals surface area contributed by atoms with Gasteiger partial charge in [-0.3, -0.25) is 9.59 Å². The molecular weight excluding hydrogens is 346 g/mol. The smallest absolute Gasteiger partial charge is 0.245 e. The summed E-state index contributed by atoms with van der Waals surface area (Å²) in [6, 6.07) is 0. The van der Waals surface area contributed by atoms with E-state index in [4.69, 9.17) is 0 Å². The van der Waals surface area contributed by atoms with Crippen molar-refractivity contribution in [2.45, 2.75) is 79.1 Å². The van der Waals surface area contributed by atoms with Gasteiger partial charge in [-0.2, -0.15) is 0 Å². The Bertz CT molecular complexity index is 543. The van der Waals surface area contributed by atoms with Gasteiger partial charge in [0.15, 0.2) is 5.13 Å². The number of carbonyl (C=O) groups excluding carboxylic acids is 2. The first-order chi connectivity index (χ1) is 12.4. The van der Waals surface area contributed by atoms with Crippen LogP contribution in [0.5, 0.6) is 0 Å². The molecule has 0 unspecified atom stereocenters. The maximum Gasteiger partial charge on any atom is 0.245 e. The van der Waals surface area contributed by atoms with E-state index >= 15 is 0 Å². The summed E-state index contributed by atoms with van der Waals surface area (Å²) in [5.41, 5.74) is 0.890. The number of aromatic nitrogens is 1. The van der Waals surface area contributed by atoms with Gasteiger partial charge in [0, 0.05) is 18.3 Å². The Morgan fingerprint density at radius 1 is 1.19 bits per heavy atom. The summed E-state index contributed by atoms with van der Waals surface area (Å²) in [4.78, 5) is 30.8. The van der Waals surface area contributed by atoms with Crippen molar-refractivity contribution in [2.75, 3.05) is 18.4 Å².